The molecular formula is C13H12N2O4S. The van der Waals surface area contributed by atoms with Gasteiger partial charge in [-0.3, -0.25) is 4.79 Å². The minimum Gasteiger partial charge on any atom is -0.481 e. The highest BCUT2D eigenvalue weighted by molar-refractivity contribution is 7.99. The number of carboxylic acids is 1. The van der Waals surface area contributed by atoms with Crippen LogP contribution in [0.5, 0.6) is 5.75 Å². The summed E-state index contributed by atoms with van der Waals surface area (Å²) in [6, 6.07) is 7.79. The second-order valence-electron chi connectivity index (χ2n) is 4.30. The third-order valence-corrected chi connectivity index (χ3v) is 3.95. The van der Waals surface area contributed by atoms with Crippen LogP contribution < -0.4 is 4.74 Å². The Kier molecular flexibility index (Phi) is 3.60. The third kappa shape index (κ3) is 2.77. The molecule has 0 radical (unpaired) electrons. The fourth-order valence-electron chi connectivity index (χ4n) is 1.86. The van der Waals surface area contributed by atoms with E-state index < -0.39 is 5.97 Å². The molecule has 0 aliphatic carbocycles. The molecule has 0 bridgehead atoms. The van der Waals surface area contributed by atoms with Crippen molar-refractivity contribution >= 4 is 17.7 Å². The highest BCUT2D eigenvalue weighted by Gasteiger charge is 2.26. The number of thioether (sulfide) groups is 1. The fraction of sp³-hybridized carbons (Fsp3) is 0.308. The van der Waals surface area contributed by atoms with Crippen molar-refractivity contribution in [3.63, 3.8) is 0 Å². The van der Waals surface area contributed by atoms with Gasteiger partial charge in [-0.25, -0.2) is 0 Å². The Labute approximate surface area is 119 Å². The number of aliphatic carboxylic acids is 1. The zero-order valence-electron chi connectivity index (χ0n) is 10.5. The number of para-hydroxylation sites is 1. The van der Waals surface area contributed by atoms with E-state index in [1.54, 1.807) is 11.8 Å². The van der Waals surface area contributed by atoms with Crippen LogP contribution in [-0.2, 0) is 11.2 Å². The molecule has 0 fully saturated rings. The molecule has 6 nitrogen and oxygen atoms in total. The first-order chi connectivity index (χ1) is 9.72. The van der Waals surface area contributed by atoms with Crippen molar-refractivity contribution in [1.82, 2.24) is 10.1 Å². The number of aryl methyl sites for hydroxylation is 1. The topological polar surface area (TPSA) is 85.5 Å². The van der Waals surface area contributed by atoms with E-state index in [2.05, 4.69) is 10.1 Å². The molecular weight excluding hydrogens is 280 g/mol. The molecule has 0 saturated heterocycles. The lowest BCUT2D eigenvalue weighted by Crippen LogP contribution is -2.16. The molecule has 20 heavy (non-hydrogen) atoms. The van der Waals surface area contributed by atoms with Crippen molar-refractivity contribution in [1.29, 1.82) is 0 Å². The molecule has 1 aliphatic rings. The van der Waals surface area contributed by atoms with Crippen molar-refractivity contribution in [2.75, 3.05) is 5.75 Å². The van der Waals surface area contributed by atoms with Crippen molar-refractivity contribution in [3.05, 3.63) is 36.0 Å². The maximum Gasteiger partial charge on any atom is 0.303 e. The Bertz CT molecular complexity index is 628. The van der Waals surface area contributed by atoms with Crippen LogP contribution in [0.3, 0.4) is 0 Å². The molecule has 0 amide bonds. The first-order valence-electron chi connectivity index (χ1n) is 6.15. The van der Waals surface area contributed by atoms with Crippen molar-refractivity contribution in [2.24, 2.45) is 0 Å². The minimum absolute atomic E-state index is 0.0231. The Morgan fingerprint density at radius 3 is 3.15 bits per heavy atom. The number of nitrogens with zero attached hydrogens (tertiary/aromatic N) is 2. The van der Waals surface area contributed by atoms with Crippen LogP contribution in [0.4, 0.5) is 0 Å². The van der Waals surface area contributed by atoms with Gasteiger partial charge in [0.05, 0.1) is 6.42 Å². The molecule has 2 heterocycles. The molecule has 1 aromatic carbocycles. The Hall–Kier alpha value is -2.02. The molecule has 1 aliphatic heterocycles. The number of hydrogen-bond acceptors (Lipinski definition) is 6. The molecule has 2 aromatic rings. The van der Waals surface area contributed by atoms with E-state index >= 15 is 0 Å². The predicted molar refractivity (Wildman–Crippen MR) is 70.8 cm³/mol. The van der Waals surface area contributed by atoms with Gasteiger partial charge in [-0.05, 0) is 12.1 Å². The van der Waals surface area contributed by atoms with Gasteiger partial charge in [0.2, 0.25) is 11.7 Å². The molecule has 1 unspecified atom stereocenters. The van der Waals surface area contributed by atoms with E-state index in [1.165, 1.54) is 0 Å². The molecule has 3 rings (SSSR count). The normalized spacial score (nSPS) is 17.3. The van der Waals surface area contributed by atoms with E-state index in [0.29, 0.717) is 17.5 Å². The van der Waals surface area contributed by atoms with Gasteiger partial charge < -0.3 is 14.4 Å². The zero-order chi connectivity index (χ0) is 13.9. The average molecular weight is 292 g/mol. The smallest absolute Gasteiger partial charge is 0.303 e. The van der Waals surface area contributed by atoms with Crippen molar-refractivity contribution in [2.45, 2.75) is 23.8 Å². The molecule has 1 atom stereocenters. The highest BCUT2D eigenvalue weighted by atomic mass is 32.2. The SMILES string of the molecule is O=C(O)CCc1nc(C2CSc3ccccc3O2)no1. The van der Waals surface area contributed by atoms with Gasteiger partial charge >= 0.3 is 5.97 Å². The maximum absolute atomic E-state index is 10.5. The van der Waals surface area contributed by atoms with Crippen LogP contribution in [-0.4, -0.2) is 27.0 Å². The van der Waals surface area contributed by atoms with Crippen LogP contribution in [0.1, 0.15) is 24.2 Å². The summed E-state index contributed by atoms with van der Waals surface area (Å²) in [5, 5.41) is 12.5. The number of hydrogen-bond donors (Lipinski definition) is 1. The van der Waals surface area contributed by atoms with Gasteiger partial charge in [0.15, 0.2) is 6.10 Å². The van der Waals surface area contributed by atoms with Gasteiger partial charge in [-0.1, -0.05) is 17.3 Å². The molecule has 1 aromatic heterocycles. The lowest BCUT2D eigenvalue weighted by atomic mass is 10.3. The number of aromatic nitrogens is 2. The van der Waals surface area contributed by atoms with Gasteiger partial charge in [0, 0.05) is 17.1 Å². The van der Waals surface area contributed by atoms with Gasteiger partial charge in [0.25, 0.3) is 0 Å². The Morgan fingerprint density at radius 1 is 1.45 bits per heavy atom. The second-order valence-corrected chi connectivity index (χ2v) is 5.37. The third-order valence-electron chi connectivity index (χ3n) is 2.83. The van der Waals surface area contributed by atoms with E-state index in [1.807, 2.05) is 24.3 Å². The molecule has 0 spiro atoms. The van der Waals surface area contributed by atoms with Crippen LogP contribution in [0.25, 0.3) is 0 Å². The number of benzene rings is 1. The lowest BCUT2D eigenvalue weighted by molar-refractivity contribution is -0.137. The summed E-state index contributed by atoms with van der Waals surface area (Å²) in [5.74, 6) is 1.42. The Balaban J connectivity index is 1.70. The fourth-order valence-corrected chi connectivity index (χ4v) is 2.84. The van der Waals surface area contributed by atoms with Crippen LogP contribution in [0.15, 0.2) is 33.7 Å². The summed E-state index contributed by atoms with van der Waals surface area (Å²) in [6.45, 7) is 0. The lowest BCUT2D eigenvalue weighted by Gasteiger charge is -2.22. The van der Waals surface area contributed by atoms with Crippen LogP contribution >= 0.6 is 11.8 Å². The summed E-state index contributed by atoms with van der Waals surface area (Å²) < 4.78 is 10.9. The summed E-state index contributed by atoms with van der Waals surface area (Å²) in [4.78, 5) is 15.8. The molecule has 104 valence electrons. The largest absolute Gasteiger partial charge is 0.481 e. The van der Waals surface area contributed by atoms with E-state index in [4.69, 9.17) is 14.4 Å². The van der Waals surface area contributed by atoms with Gasteiger partial charge in [-0.15, -0.1) is 11.8 Å². The highest BCUT2D eigenvalue weighted by Crippen LogP contribution is 2.39. The first-order valence-corrected chi connectivity index (χ1v) is 7.13. The number of rotatable bonds is 4. The van der Waals surface area contributed by atoms with Gasteiger partial charge in [-0.2, -0.15) is 4.98 Å². The van der Waals surface area contributed by atoms with Crippen LogP contribution in [0, 0.1) is 0 Å². The van der Waals surface area contributed by atoms with E-state index in [0.717, 1.165) is 10.6 Å². The summed E-state index contributed by atoms with van der Waals surface area (Å²) >= 11 is 1.68. The molecule has 7 heteroatoms. The standard InChI is InChI=1S/C13H12N2O4S/c16-12(17)6-5-11-14-13(15-19-11)9-7-20-10-4-2-1-3-8(10)18-9/h1-4,9H,5-7H2,(H,16,17). The molecule has 1 N–H and O–H groups in total. The average Bonchev–Trinajstić information content (AvgIpc) is 2.93. The van der Waals surface area contributed by atoms with Crippen molar-refractivity contribution in [3.8, 4) is 5.75 Å². The monoisotopic (exact) mass is 292 g/mol. The summed E-state index contributed by atoms with van der Waals surface area (Å²) in [5.41, 5.74) is 0. The second kappa shape index (κ2) is 5.54. The summed E-state index contributed by atoms with van der Waals surface area (Å²) in [7, 11) is 0. The zero-order valence-corrected chi connectivity index (χ0v) is 11.3. The van der Waals surface area contributed by atoms with Crippen molar-refractivity contribution < 1.29 is 19.2 Å². The number of carbonyl (C=O) groups is 1. The van der Waals surface area contributed by atoms with Crippen LogP contribution in [0.2, 0.25) is 0 Å². The quantitative estimate of drug-likeness (QED) is 0.925. The molecule has 0 saturated carbocycles. The first kappa shape index (κ1) is 13.0. The number of ether oxygens (including phenoxy) is 1. The Morgan fingerprint density at radius 2 is 2.30 bits per heavy atom. The number of carboxylic acid groups (broad SMARTS) is 1. The summed E-state index contributed by atoms with van der Waals surface area (Å²) in [6.07, 6.45) is -0.0546. The minimum atomic E-state index is -0.886. The van der Waals surface area contributed by atoms with E-state index in [9.17, 15) is 4.79 Å². The predicted octanol–water partition coefficient (Wildman–Crippen LogP) is 2.31. The number of fused-ring (bicyclic) bond motifs is 1. The van der Waals surface area contributed by atoms with E-state index in [-0.39, 0.29) is 18.9 Å². The maximum atomic E-state index is 10.5. The van der Waals surface area contributed by atoms with Gasteiger partial charge in [0.1, 0.15) is 5.75 Å².